The number of carbonyl (C=O) groups is 1. The third-order valence-electron chi connectivity index (χ3n) is 3.78. The smallest absolute Gasteiger partial charge is 0.268 e. The molecule has 28 heavy (non-hydrogen) atoms. The lowest BCUT2D eigenvalue weighted by atomic mass is 10.2. The number of aryl methyl sites for hydroxylation is 1. The van der Waals surface area contributed by atoms with Crippen LogP contribution >= 0.6 is 46.3 Å². The van der Waals surface area contributed by atoms with Gasteiger partial charge in [0, 0.05) is 10.0 Å². The average Bonchev–Trinajstić information content (AvgIpc) is 3.21. The summed E-state index contributed by atoms with van der Waals surface area (Å²) in [6, 6.07) is 14.5. The third-order valence-corrected chi connectivity index (χ3v) is 6.04. The van der Waals surface area contributed by atoms with Gasteiger partial charge in [0.05, 0.1) is 10.6 Å². The Labute approximate surface area is 179 Å². The second kappa shape index (κ2) is 8.05. The molecular weight excluding hydrogens is 435 g/mol. The highest BCUT2D eigenvalue weighted by atomic mass is 35.5. The van der Waals surface area contributed by atoms with Crippen molar-refractivity contribution in [1.82, 2.24) is 10.2 Å². The number of nitrogens with zero attached hydrogens (tertiary/aromatic N) is 4. The Morgan fingerprint density at radius 2 is 1.89 bits per heavy atom. The number of anilines is 1. The predicted octanol–water partition coefficient (Wildman–Crippen LogP) is 5.96. The molecule has 0 atom stereocenters. The minimum absolute atomic E-state index is 0.179. The first-order valence-corrected chi connectivity index (χ1v) is 10.5. The van der Waals surface area contributed by atoms with Crippen LogP contribution in [0.25, 0.3) is 6.08 Å². The molecule has 1 fully saturated rings. The fourth-order valence-corrected chi connectivity index (χ4v) is 4.58. The number of hydrogen-bond donors (Lipinski definition) is 0. The largest absolute Gasteiger partial charge is 0.271 e. The van der Waals surface area contributed by atoms with Gasteiger partial charge in [0.25, 0.3) is 5.91 Å². The first kappa shape index (κ1) is 19.1. The van der Waals surface area contributed by atoms with Crippen molar-refractivity contribution in [3.05, 3.63) is 74.1 Å². The van der Waals surface area contributed by atoms with E-state index in [0.717, 1.165) is 10.7 Å². The van der Waals surface area contributed by atoms with Crippen molar-refractivity contribution < 1.29 is 4.79 Å². The van der Waals surface area contributed by atoms with Crippen molar-refractivity contribution in [3.63, 3.8) is 0 Å². The topological polar surface area (TPSA) is 58.5 Å². The van der Waals surface area contributed by atoms with Gasteiger partial charge in [-0.15, -0.1) is 10.2 Å². The predicted molar refractivity (Wildman–Crippen MR) is 118 cm³/mol. The Hall–Kier alpha value is -2.19. The third kappa shape index (κ3) is 3.98. The van der Waals surface area contributed by atoms with E-state index in [9.17, 15) is 4.79 Å². The highest BCUT2D eigenvalue weighted by Gasteiger charge is 2.35. The van der Waals surface area contributed by atoms with Crippen LogP contribution in [0.15, 0.2) is 58.4 Å². The fraction of sp³-hybridized carbons (Fsp3) is 0.0526. The lowest BCUT2D eigenvalue weighted by molar-refractivity contribution is -0.113. The Morgan fingerprint density at radius 1 is 1.11 bits per heavy atom. The van der Waals surface area contributed by atoms with Crippen LogP contribution in [-0.4, -0.2) is 21.3 Å². The van der Waals surface area contributed by atoms with Crippen molar-refractivity contribution in [2.45, 2.75) is 6.92 Å². The maximum Gasteiger partial charge on any atom is 0.271 e. The van der Waals surface area contributed by atoms with Crippen molar-refractivity contribution in [2.75, 3.05) is 4.90 Å². The standard InChI is InChI=1S/C19H12Cl2N4OS2/c1-11-23-24-18(27-11)22-19-25(14-5-3-2-4-6-14)17(26)16(28-19)9-12-7-8-13(20)10-15(12)21/h2-10H,1H3/b16-9-,22-19+. The van der Waals surface area contributed by atoms with Crippen molar-refractivity contribution in [1.29, 1.82) is 0 Å². The molecule has 1 aliphatic heterocycles. The van der Waals surface area contributed by atoms with Gasteiger partial charge in [-0.05, 0) is 54.6 Å². The molecular formula is C19H12Cl2N4OS2. The molecule has 2 aromatic carbocycles. The molecule has 0 N–H and O–H groups in total. The van der Waals surface area contributed by atoms with Crippen LogP contribution in [0.2, 0.25) is 10.0 Å². The molecule has 0 bridgehead atoms. The number of rotatable bonds is 3. The lowest BCUT2D eigenvalue weighted by Gasteiger charge is -2.14. The maximum atomic E-state index is 13.1. The Bertz CT molecular complexity index is 1110. The first-order chi connectivity index (χ1) is 13.5. The van der Waals surface area contributed by atoms with E-state index in [1.54, 1.807) is 29.2 Å². The molecule has 140 valence electrons. The number of para-hydroxylation sites is 1. The van der Waals surface area contributed by atoms with Crippen LogP contribution in [0.5, 0.6) is 0 Å². The van der Waals surface area contributed by atoms with Gasteiger partial charge in [0.15, 0.2) is 5.17 Å². The van der Waals surface area contributed by atoms with E-state index < -0.39 is 0 Å². The maximum absolute atomic E-state index is 13.1. The van der Waals surface area contributed by atoms with E-state index in [0.29, 0.717) is 30.8 Å². The van der Waals surface area contributed by atoms with Gasteiger partial charge < -0.3 is 0 Å². The van der Waals surface area contributed by atoms with Gasteiger partial charge in [-0.1, -0.05) is 58.8 Å². The summed E-state index contributed by atoms with van der Waals surface area (Å²) < 4.78 is 0. The van der Waals surface area contributed by atoms with Gasteiger partial charge in [-0.3, -0.25) is 9.69 Å². The number of hydrogen-bond acceptors (Lipinski definition) is 6. The summed E-state index contributed by atoms with van der Waals surface area (Å²) in [5, 5.41) is 10.9. The summed E-state index contributed by atoms with van der Waals surface area (Å²) in [6.07, 6.45) is 1.75. The minimum atomic E-state index is -0.179. The van der Waals surface area contributed by atoms with Crippen molar-refractivity contribution in [3.8, 4) is 0 Å². The van der Waals surface area contributed by atoms with E-state index in [4.69, 9.17) is 23.2 Å². The number of halogens is 2. The number of aromatic nitrogens is 2. The quantitative estimate of drug-likeness (QED) is 0.465. The highest BCUT2D eigenvalue weighted by molar-refractivity contribution is 8.19. The molecule has 0 saturated carbocycles. The average molecular weight is 447 g/mol. The van der Waals surface area contributed by atoms with Gasteiger partial charge in [0.1, 0.15) is 5.01 Å². The zero-order chi connectivity index (χ0) is 19.7. The molecule has 0 radical (unpaired) electrons. The van der Waals surface area contributed by atoms with Crippen molar-refractivity contribution >= 4 is 74.3 Å². The van der Waals surface area contributed by atoms with Crippen LogP contribution in [0, 0.1) is 6.92 Å². The Balaban J connectivity index is 1.78. The number of benzene rings is 2. The molecule has 4 rings (SSSR count). The summed E-state index contributed by atoms with van der Waals surface area (Å²) >= 11 is 14.9. The molecule has 2 heterocycles. The second-order valence-electron chi connectivity index (χ2n) is 5.75. The lowest BCUT2D eigenvalue weighted by Crippen LogP contribution is -2.28. The number of aliphatic imine (C=N–C) groups is 1. The van der Waals surface area contributed by atoms with Crippen LogP contribution in [0.4, 0.5) is 10.8 Å². The Morgan fingerprint density at radius 3 is 2.57 bits per heavy atom. The van der Waals surface area contributed by atoms with Crippen LogP contribution < -0.4 is 4.90 Å². The molecule has 9 heteroatoms. The van der Waals surface area contributed by atoms with E-state index in [-0.39, 0.29) is 5.91 Å². The monoisotopic (exact) mass is 446 g/mol. The molecule has 1 amide bonds. The van der Waals surface area contributed by atoms with Crippen molar-refractivity contribution in [2.24, 2.45) is 4.99 Å². The van der Waals surface area contributed by atoms with Crippen LogP contribution in [-0.2, 0) is 4.79 Å². The summed E-state index contributed by atoms with van der Waals surface area (Å²) in [7, 11) is 0. The second-order valence-corrected chi connectivity index (χ2v) is 8.76. The summed E-state index contributed by atoms with van der Waals surface area (Å²) in [5.74, 6) is -0.179. The molecule has 0 aliphatic carbocycles. The minimum Gasteiger partial charge on any atom is -0.268 e. The molecule has 1 aliphatic rings. The van der Waals surface area contributed by atoms with Gasteiger partial charge in [0.2, 0.25) is 5.13 Å². The summed E-state index contributed by atoms with van der Waals surface area (Å²) in [6.45, 7) is 1.86. The van der Waals surface area contributed by atoms with E-state index in [1.807, 2.05) is 37.3 Å². The highest BCUT2D eigenvalue weighted by Crippen LogP contribution is 2.38. The van der Waals surface area contributed by atoms with Crippen LogP contribution in [0.1, 0.15) is 10.6 Å². The summed E-state index contributed by atoms with van der Waals surface area (Å²) in [4.78, 5) is 19.8. The molecule has 0 unspecified atom stereocenters. The Kier molecular flexibility index (Phi) is 5.50. The fourth-order valence-electron chi connectivity index (χ4n) is 2.53. The van der Waals surface area contributed by atoms with Gasteiger partial charge in [-0.2, -0.15) is 4.99 Å². The summed E-state index contributed by atoms with van der Waals surface area (Å²) in [5.41, 5.74) is 1.44. The van der Waals surface area contributed by atoms with Gasteiger partial charge >= 0.3 is 0 Å². The molecule has 0 spiro atoms. The SMILES string of the molecule is Cc1nnc(/N=C2/S/C(=C\c3ccc(Cl)cc3Cl)C(=O)N2c2ccccc2)s1. The first-order valence-electron chi connectivity index (χ1n) is 8.14. The van der Waals surface area contributed by atoms with Gasteiger partial charge in [-0.25, -0.2) is 0 Å². The molecule has 3 aromatic rings. The zero-order valence-electron chi connectivity index (χ0n) is 14.5. The number of amides is 1. The zero-order valence-corrected chi connectivity index (χ0v) is 17.6. The van der Waals surface area contributed by atoms with E-state index in [1.165, 1.54) is 23.1 Å². The van der Waals surface area contributed by atoms with E-state index in [2.05, 4.69) is 15.2 Å². The number of carbonyl (C=O) groups excluding carboxylic acids is 1. The number of amidine groups is 1. The molecule has 1 saturated heterocycles. The number of thioether (sulfide) groups is 1. The normalized spacial score (nSPS) is 17.1. The van der Waals surface area contributed by atoms with Crippen LogP contribution in [0.3, 0.4) is 0 Å². The molecule has 5 nitrogen and oxygen atoms in total. The molecule has 1 aromatic heterocycles. The van der Waals surface area contributed by atoms with E-state index >= 15 is 0 Å².